The van der Waals surface area contributed by atoms with Gasteiger partial charge in [0.05, 0.1) is 5.69 Å². The Morgan fingerprint density at radius 1 is 1.00 bits per heavy atom. The lowest BCUT2D eigenvalue weighted by atomic mass is 10.1. The SMILES string of the molecule is Clc1nc(Cl)c2c(n1)CCN(c1ncccn1)CC2. The van der Waals surface area contributed by atoms with Gasteiger partial charge >= 0.3 is 0 Å². The second kappa shape index (κ2) is 5.27. The third-order valence-electron chi connectivity index (χ3n) is 3.10. The molecular weight excluding hydrogens is 285 g/mol. The molecule has 0 unspecified atom stereocenters. The summed E-state index contributed by atoms with van der Waals surface area (Å²) in [6.07, 6.45) is 5.01. The van der Waals surface area contributed by atoms with Crippen LogP contribution in [0.25, 0.3) is 0 Å². The van der Waals surface area contributed by atoms with Gasteiger partial charge in [0.15, 0.2) is 0 Å². The molecule has 0 fully saturated rings. The van der Waals surface area contributed by atoms with Crippen LogP contribution in [0.2, 0.25) is 10.4 Å². The average molecular weight is 296 g/mol. The molecule has 3 heterocycles. The summed E-state index contributed by atoms with van der Waals surface area (Å²) in [5.41, 5.74) is 1.90. The maximum Gasteiger partial charge on any atom is 0.225 e. The number of aromatic nitrogens is 4. The Balaban J connectivity index is 1.87. The van der Waals surface area contributed by atoms with Crippen LogP contribution >= 0.6 is 23.2 Å². The first-order valence-electron chi connectivity index (χ1n) is 5.97. The van der Waals surface area contributed by atoms with Gasteiger partial charge in [-0.05, 0) is 24.1 Å². The number of halogens is 2. The highest BCUT2D eigenvalue weighted by molar-refractivity contribution is 6.32. The lowest BCUT2D eigenvalue weighted by molar-refractivity contribution is 0.769. The Morgan fingerprint density at radius 3 is 2.53 bits per heavy atom. The van der Waals surface area contributed by atoms with Crippen LogP contribution in [0, 0.1) is 0 Å². The summed E-state index contributed by atoms with van der Waals surface area (Å²) in [5.74, 6) is 0.727. The molecule has 19 heavy (non-hydrogen) atoms. The van der Waals surface area contributed by atoms with Crippen molar-refractivity contribution in [1.82, 2.24) is 19.9 Å². The Morgan fingerprint density at radius 2 is 1.74 bits per heavy atom. The van der Waals surface area contributed by atoms with Gasteiger partial charge in [-0.15, -0.1) is 0 Å². The Labute approximate surface area is 120 Å². The summed E-state index contributed by atoms with van der Waals surface area (Å²) in [5, 5.41) is 0.652. The maximum absolute atomic E-state index is 6.13. The van der Waals surface area contributed by atoms with Gasteiger partial charge < -0.3 is 4.90 Å². The Kier molecular flexibility index (Phi) is 3.48. The summed E-state index contributed by atoms with van der Waals surface area (Å²) >= 11 is 12.0. The molecule has 0 spiro atoms. The minimum atomic E-state index is 0.202. The summed E-state index contributed by atoms with van der Waals surface area (Å²) in [7, 11) is 0. The van der Waals surface area contributed by atoms with E-state index in [1.807, 2.05) is 0 Å². The lowest BCUT2D eigenvalue weighted by Crippen LogP contribution is -2.27. The second-order valence-electron chi connectivity index (χ2n) is 4.24. The van der Waals surface area contributed by atoms with Crippen LogP contribution in [0.3, 0.4) is 0 Å². The van der Waals surface area contributed by atoms with E-state index >= 15 is 0 Å². The zero-order valence-electron chi connectivity index (χ0n) is 10.1. The lowest BCUT2D eigenvalue weighted by Gasteiger charge is -2.19. The fraction of sp³-hybridized carbons (Fsp3) is 0.333. The Hall–Kier alpha value is -1.46. The monoisotopic (exact) mass is 295 g/mol. The fourth-order valence-electron chi connectivity index (χ4n) is 2.18. The van der Waals surface area contributed by atoms with E-state index in [1.54, 1.807) is 18.5 Å². The van der Waals surface area contributed by atoms with Crippen LogP contribution in [-0.4, -0.2) is 33.0 Å². The quantitative estimate of drug-likeness (QED) is 0.596. The third kappa shape index (κ3) is 2.62. The van der Waals surface area contributed by atoms with Crippen molar-refractivity contribution < 1.29 is 0 Å². The number of fused-ring (bicyclic) bond motifs is 1. The first kappa shape index (κ1) is 12.6. The van der Waals surface area contributed by atoms with Crippen molar-refractivity contribution in [3.05, 3.63) is 40.2 Å². The van der Waals surface area contributed by atoms with Crippen molar-refractivity contribution in [1.29, 1.82) is 0 Å². The van der Waals surface area contributed by atoms with E-state index in [0.29, 0.717) is 5.15 Å². The maximum atomic E-state index is 6.13. The average Bonchev–Trinajstić information content (AvgIpc) is 2.62. The molecule has 0 aromatic carbocycles. The Bertz CT molecular complexity index is 590. The number of hydrogen-bond donors (Lipinski definition) is 0. The highest BCUT2D eigenvalue weighted by Gasteiger charge is 2.20. The van der Waals surface area contributed by atoms with Crippen molar-refractivity contribution in [3.63, 3.8) is 0 Å². The summed E-state index contributed by atoms with van der Waals surface area (Å²) < 4.78 is 0. The van der Waals surface area contributed by atoms with Crippen LogP contribution in [0.5, 0.6) is 0 Å². The number of nitrogens with zero attached hydrogens (tertiary/aromatic N) is 5. The molecule has 0 amide bonds. The van der Waals surface area contributed by atoms with E-state index in [2.05, 4.69) is 24.8 Å². The van der Waals surface area contributed by atoms with Crippen LogP contribution in [-0.2, 0) is 12.8 Å². The van der Waals surface area contributed by atoms with Gasteiger partial charge in [-0.2, -0.15) is 0 Å². The second-order valence-corrected chi connectivity index (χ2v) is 4.94. The van der Waals surface area contributed by atoms with E-state index in [4.69, 9.17) is 23.2 Å². The minimum absolute atomic E-state index is 0.202. The van der Waals surface area contributed by atoms with Gasteiger partial charge in [-0.3, -0.25) is 0 Å². The zero-order valence-corrected chi connectivity index (χ0v) is 11.6. The topological polar surface area (TPSA) is 54.8 Å². The normalized spacial score (nSPS) is 14.9. The molecule has 0 saturated carbocycles. The highest BCUT2D eigenvalue weighted by Crippen LogP contribution is 2.23. The molecule has 3 rings (SSSR count). The van der Waals surface area contributed by atoms with Crippen molar-refractivity contribution >= 4 is 29.2 Å². The zero-order chi connectivity index (χ0) is 13.2. The largest absolute Gasteiger partial charge is 0.340 e. The number of anilines is 1. The molecule has 5 nitrogen and oxygen atoms in total. The standard InChI is InChI=1S/C12H11Cl2N5/c13-10-8-2-6-19(12-15-4-1-5-16-12)7-3-9(8)17-11(14)18-10/h1,4-5H,2-3,6-7H2. The predicted molar refractivity (Wildman–Crippen MR) is 73.7 cm³/mol. The van der Waals surface area contributed by atoms with E-state index in [-0.39, 0.29) is 5.28 Å². The molecule has 0 atom stereocenters. The highest BCUT2D eigenvalue weighted by atomic mass is 35.5. The summed E-state index contributed by atoms with van der Waals surface area (Å²) in [6.45, 7) is 1.59. The fourth-order valence-corrected chi connectivity index (χ4v) is 2.69. The molecule has 7 heteroatoms. The van der Waals surface area contributed by atoms with E-state index < -0.39 is 0 Å². The van der Waals surface area contributed by atoms with Gasteiger partial charge in [0, 0.05) is 37.5 Å². The van der Waals surface area contributed by atoms with Crippen LogP contribution in [0.1, 0.15) is 11.3 Å². The number of hydrogen-bond acceptors (Lipinski definition) is 5. The van der Waals surface area contributed by atoms with Crippen LogP contribution in [0.4, 0.5) is 5.95 Å². The molecule has 0 radical (unpaired) electrons. The molecule has 0 bridgehead atoms. The van der Waals surface area contributed by atoms with E-state index in [1.165, 1.54) is 0 Å². The van der Waals surface area contributed by atoms with E-state index in [0.717, 1.165) is 43.1 Å². The van der Waals surface area contributed by atoms with Crippen LogP contribution in [0.15, 0.2) is 18.5 Å². The van der Waals surface area contributed by atoms with Gasteiger partial charge in [0.25, 0.3) is 0 Å². The van der Waals surface area contributed by atoms with Gasteiger partial charge in [-0.1, -0.05) is 11.6 Å². The summed E-state index contributed by atoms with van der Waals surface area (Å²) in [6, 6.07) is 1.80. The molecule has 98 valence electrons. The molecule has 0 aliphatic carbocycles. The van der Waals surface area contributed by atoms with Crippen molar-refractivity contribution in [2.75, 3.05) is 18.0 Å². The van der Waals surface area contributed by atoms with Gasteiger partial charge in [0.2, 0.25) is 11.2 Å². The third-order valence-corrected chi connectivity index (χ3v) is 3.58. The van der Waals surface area contributed by atoms with Crippen molar-refractivity contribution in [2.45, 2.75) is 12.8 Å². The first-order chi connectivity index (χ1) is 9.24. The molecule has 0 N–H and O–H groups in total. The summed E-state index contributed by atoms with van der Waals surface area (Å²) in [4.78, 5) is 18.9. The molecule has 0 saturated heterocycles. The molecule has 2 aromatic rings. The molecular formula is C12H11Cl2N5. The van der Waals surface area contributed by atoms with Crippen molar-refractivity contribution in [3.8, 4) is 0 Å². The smallest absolute Gasteiger partial charge is 0.225 e. The number of rotatable bonds is 1. The first-order valence-corrected chi connectivity index (χ1v) is 6.72. The van der Waals surface area contributed by atoms with Gasteiger partial charge in [0.1, 0.15) is 5.15 Å². The van der Waals surface area contributed by atoms with E-state index in [9.17, 15) is 0 Å². The van der Waals surface area contributed by atoms with Crippen LogP contribution < -0.4 is 4.90 Å². The van der Waals surface area contributed by atoms with Gasteiger partial charge in [-0.25, -0.2) is 19.9 Å². The molecule has 2 aromatic heterocycles. The minimum Gasteiger partial charge on any atom is -0.340 e. The molecule has 1 aliphatic heterocycles. The van der Waals surface area contributed by atoms with Crippen molar-refractivity contribution in [2.24, 2.45) is 0 Å². The molecule has 1 aliphatic rings. The predicted octanol–water partition coefficient (Wildman–Crippen LogP) is 2.18.